The molecule has 6 nitrogen and oxygen atoms in total. The summed E-state index contributed by atoms with van der Waals surface area (Å²) in [5, 5.41) is 17.4. The molecule has 0 fully saturated rings. The molecule has 0 aliphatic rings. The van der Waals surface area contributed by atoms with Gasteiger partial charge in [-0.25, -0.2) is 0 Å². The lowest BCUT2D eigenvalue weighted by Gasteiger charge is -2.20. The number of rotatable bonds is 13. The summed E-state index contributed by atoms with van der Waals surface area (Å²) >= 11 is 0. The number of nitrogens with zero attached hydrogens (tertiary/aromatic N) is 1. The Morgan fingerprint density at radius 2 is 1.41 bits per heavy atom. The molecule has 0 saturated carbocycles. The van der Waals surface area contributed by atoms with Crippen LogP contribution in [0.15, 0.2) is 0 Å². The van der Waals surface area contributed by atoms with Crippen molar-refractivity contribution in [2.75, 3.05) is 73.0 Å². The summed E-state index contributed by atoms with van der Waals surface area (Å²) in [6, 6.07) is 0. The second-order valence-corrected chi connectivity index (χ2v) is 3.51. The zero-order chi connectivity index (χ0) is 12.8. The zero-order valence-corrected chi connectivity index (χ0v) is 10.6. The van der Waals surface area contributed by atoms with Crippen LogP contribution in [0, 0.1) is 0 Å². The van der Waals surface area contributed by atoms with Crippen LogP contribution in [0.2, 0.25) is 0 Å². The Morgan fingerprint density at radius 3 is 1.94 bits per heavy atom. The Morgan fingerprint density at radius 1 is 0.765 bits per heavy atom. The van der Waals surface area contributed by atoms with Crippen molar-refractivity contribution in [3.8, 4) is 0 Å². The third-order valence-electron chi connectivity index (χ3n) is 2.19. The molecule has 0 rings (SSSR count). The third kappa shape index (κ3) is 12.0. The van der Waals surface area contributed by atoms with Crippen LogP contribution in [0.4, 0.5) is 0 Å². The van der Waals surface area contributed by atoms with Gasteiger partial charge in [0.25, 0.3) is 0 Å². The molecule has 0 atom stereocenters. The van der Waals surface area contributed by atoms with Crippen molar-refractivity contribution >= 4 is 0 Å². The van der Waals surface area contributed by atoms with Crippen LogP contribution in [0.1, 0.15) is 0 Å². The third-order valence-corrected chi connectivity index (χ3v) is 2.19. The standard InChI is InChI=1S/C11H25NO5/c1-15-10-11-17-8-4-12(2-5-13)3-7-16-9-6-14/h13-14H,2-11H2,1H3. The monoisotopic (exact) mass is 251 g/mol. The van der Waals surface area contributed by atoms with Crippen molar-refractivity contribution in [3.05, 3.63) is 0 Å². The number of ether oxygens (including phenoxy) is 3. The summed E-state index contributed by atoms with van der Waals surface area (Å²) in [5.74, 6) is 0. The summed E-state index contributed by atoms with van der Waals surface area (Å²) in [5.41, 5.74) is 0. The lowest BCUT2D eigenvalue weighted by Crippen LogP contribution is -2.33. The maximum atomic E-state index is 8.90. The molecular weight excluding hydrogens is 226 g/mol. The predicted molar refractivity (Wildman–Crippen MR) is 64.1 cm³/mol. The number of methoxy groups -OCH3 is 1. The minimum absolute atomic E-state index is 0.0418. The molecule has 2 N–H and O–H groups in total. The van der Waals surface area contributed by atoms with E-state index in [-0.39, 0.29) is 13.2 Å². The molecular formula is C11H25NO5. The van der Waals surface area contributed by atoms with Gasteiger partial charge in [0, 0.05) is 26.7 Å². The SMILES string of the molecule is COCCOCCN(CCO)CCOCCO. The molecule has 17 heavy (non-hydrogen) atoms. The van der Waals surface area contributed by atoms with Gasteiger partial charge in [0.15, 0.2) is 0 Å². The van der Waals surface area contributed by atoms with Crippen LogP contribution in [-0.4, -0.2) is 88.1 Å². The Hall–Kier alpha value is -0.240. The Bertz CT molecular complexity index is 148. The van der Waals surface area contributed by atoms with Crippen LogP contribution in [0.3, 0.4) is 0 Å². The van der Waals surface area contributed by atoms with Gasteiger partial charge in [0.1, 0.15) is 0 Å². The highest BCUT2D eigenvalue weighted by Crippen LogP contribution is 1.89. The molecule has 0 saturated heterocycles. The number of aliphatic hydroxyl groups excluding tert-OH is 2. The zero-order valence-electron chi connectivity index (χ0n) is 10.6. The van der Waals surface area contributed by atoms with E-state index in [0.29, 0.717) is 39.6 Å². The lowest BCUT2D eigenvalue weighted by molar-refractivity contribution is 0.0393. The highest BCUT2D eigenvalue weighted by molar-refractivity contribution is 4.56. The molecule has 0 aliphatic heterocycles. The highest BCUT2D eigenvalue weighted by atomic mass is 16.5. The topological polar surface area (TPSA) is 71.4 Å². The number of hydrogen-bond donors (Lipinski definition) is 2. The van der Waals surface area contributed by atoms with Crippen LogP contribution in [0.25, 0.3) is 0 Å². The molecule has 0 aromatic heterocycles. The van der Waals surface area contributed by atoms with Crippen LogP contribution in [0.5, 0.6) is 0 Å². The predicted octanol–water partition coefficient (Wildman–Crippen LogP) is -1.05. The fourth-order valence-electron chi connectivity index (χ4n) is 1.28. The first-order valence-electron chi connectivity index (χ1n) is 5.93. The highest BCUT2D eigenvalue weighted by Gasteiger charge is 2.03. The molecule has 104 valence electrons. The molecule has 0 aromatic carbocycles. The van der Waals surface area contributed by atoms with E-state index in [4.69, 9.17) is 24.4 Å². The quantitative estimate of drug-likeness (QED) is 0.407. The fourth-order valence-corrected chi connectivity index (χ4v) is 1.28. The van der Waals surface area contributed by atoms with Gasteiger partial charge in [-0.3, -0.25) is 4.90 Å². The number of aliphatic hydroxyl groups is 2. The van der Waals surface area contributed by atoms with E-state index >= 15 is 0 Å². The van der Waals surface area contributed by atoms with Crippen molar-refractivity contribution in [2.45, 2.75) is 0 Å². The van der Waals surface area contributed by atoms with E-state index in [1.807, 2.05) is 0 Å². The smallest absolute Gasteiger partial charge is 0.0700 e. The van der Waals surface area contributed by atoms with Gasteiger partial charge in [-0.1, -0.05) is 0 Å². The maximum Gasteiger partial charge on any atom is 0.0700 e. The first-order valence-corrected chi connectivity index (χ1v) is 5.93. The second kappa shape index (κ2) is 13.8. The van der Waals surface area contributed by atoms with Gasteiger partial charge in [0.2, 0.25) is 0 Å². The summed E-state index contributed by atoms with van der Waals surface area (Å²) in [6.45, 7) is 4.97. The van der Waals surface area contributed by atoms with Crippen molar-refractivity contribution in [3.63, 3.8) is 0 Å². The van der Waals surface area contributed by atoms with Gasteiger partial charge in [0.05, 0.1) is 46.2 Å². The molecule has 0 bridgehead atoms. The molecule has 0 unspecified atom stereocenters. The van der Waals surface area contributed by atoms with Crippen molar-refractivity contribution in [1.82, 2.24) is 4.90 Å². The molecule has 0 spiro atoms. The average molecular weight is 251 g/mol. The largest absolute Gasteiger partial charge is 0.395 e. The van der Waals surface area contributed by atoms with Crippen molar-refractivity contribution in [1.29, 1.82) is 0 Å². The summed E-state index contributed by atoms with van der Waals surface area (Å²) in [4.78, 5) is 2.06. The second-order valence-electron chi connectivity index (χ2n) is 3.51. The van der Waals surface area contributed by atoms with E-state index in [1.54, 1.807) is 7.11 Å². The van der Waals surface area contributed by atoms with Gasteiger partial charge in [-0.15, -0.1) is 0 Å². The molecule has 0 radical (unpaired) electrons. The van der Waals surface area contributed by atoms with Crippen LogP contribution < -0.4 is 0 Å². The van der Waals surface area contributed by atoms with Crippen LogP contribution in [-0.2, 0) is 14.2 Å². The Kier molecular flexibility index (Phi) is 13.6. The maximum absolute atomic E-state index is 8.90. The van der Waals surface area contributed by atoms with E-state index < -0.39 is 0 Å². The Balaban J connectivity index is 3.45. The summed E-state index contributed by atoms with van der Waals surface area (Å²) in [7, 11) is 1.64. The number of hydrogen-bond acceptors (Lipinski definition) is 6. The van der Waals surface area contributed by atoms with E-state index in [2.05, 4.69) is 4.90 Å². The van der Waals surface area contributed by atoms with Gasteiger partial charge in [-0.05, 0) is 0 Å². The van der Waals surface area contributed by atoms with E-state index in [9.17, 15) is 0 Å². The van der Waals surface area contributed by atoms with E-state index in [1.165, 1.54) is 0 Å². The van der Waals surface area contributed by atoms with Crippen molar-refractivity contribution in [2.24, 2.45) is 0 Å². The van der Waals surface area contributed by atoms with E-state index in [0.717, 1.165) is 13.1 Å². The fraction of sp³-hybridized carbons (Fsp3) is 1.00. The van der Waals surface area contributed by atoms with Gasteiger partial charge < -0.3 is 24.4 Å². The molecule has 0 aliphatic carbocycles. The normalized spacial score (nSPS) is 11.3. The summed E-state index contributed by atoms with van der Waals surface area (Å²) < 4.78 is 15.4. The molecule has 6 heteroatoms. The molecule has 0 aromatic rings. The van der Waals surface area contributed by atoms with Gasteiger partial charge in [-0.2, -0.15) is 0 Å². The molecule has 0 amide bonds. The minimum atomic E-state index is 0.0418. The first kappa shape index (κ1) is 16.8. The molecule has 0 heterocycles. The Labute approximate surface area is 103 Å². The first-order chi connectivity index (χ1) is 8.35. The average Bonchev–Trinajstić information content (AvgIpc) is 2.34. The van der Waals surface area contributed by atoms with Crippen molar-refractivity contribution < 1.29 is 24.4 Å². The summed E-state index contributed by atoms with van der Waals surface area (Å²) in [6.07, 6.45) is 0. The van der Waals surface area contributed by atoms with Crippen LogP contribution >= 0.6 is 0 Å². The lowest BCUT2D eigenvalue weighted by atomic mass is 10.4. The van der Waals surface area contributed by atoms with Gasteiger partial charge >= 0.3 is 0 Å². The minimum Gasteiger partial charge on any atom is -0.395 e.